The van der Waals surface area contributed by atoms with Crippen LogP contribution < -0.4 is 21.3 Å². The third-order valence-corrected chi connectivity index (χ3v) is 12.9. The quantitative estimate of drug-likeness (QED) is 0.114. The van der Waals surface area contributed by atoms with Gasteiger partial charge in [0.2, 0.25) is 35.4 Å². The molecule has 2 aliphatic heterocycles. The summed E-state index contributed by atoms with van der Waals surface area (Å²) in [6.45, 7) is 12.6. The van der Waals surface area contributed by atoms with Gasteiger partial charge < -0.3 is 50.3 Å². The number of likely N-dealkylation sites (N-methyl/N-ethyl adjacent to an activating group) is 2. The van der Waals surface area contributed by atoms with Gasteiger partial charge in [-0.1, -0.05) is 72.5 Å². The normalized spacial score (nSPS) is 18.1. The highest BCUT2D eigenvalue weighted by molar-refractivity contribution is 5.91. The molecule has 2 aromatic rings. The second-order valence-electron chi connectivity index (χ2n) is 17.7. The average Bonchev–Trinajstić information content (AvgIpc) is 4.02. The molecule has 4 rings (SSSR count). The summed E-state index contributed by atoms with van der Waals surface area (Å²) in [6, 6.07) is 16.3. The van der Waals surface area contributed by atoms with Gasteiger partial charge in [0, 0.05) is 65.2 Å². The Morgan fingerprint density at radius 3 is 1.32 bits per heavy atom. The molecule has 6 amide bonds. The SMILES string of the molecule is CN[C@@H](C)C(=O)N[C@H](C(=O)N1CCC[C@H]1CN(CCc1ccccc1)C(C)=O)[C@@H](C)OCC#CC#CCO[C@H](C)[C@H](NC(=O)[C@@H](C)NC)C(=O)N1CCC[C@H]1CN(CCc1ccccc1)C(C)=O. The van der Waals surface area contributed by atoms with Crippen LogP contribution in [0.2, 0.25) is 0 Å². The van der Waals surface area contributed by atoms with Crippen LogP contribution in [0.1, 0.15) is 78.4 Å². The summed E-state index contributed by atoms with van der Waals surface area (Å²) in [6.07, 6.45) is 2.89. The van der Waals surface area contributed by atoms with Gasteiger partial charge in [0.15, 0.2) is 0 Å². The molecule has 0 saturated carbocycles. The lowest BCUT2D eigenvalue weighted by Crippen LogP contribution is -2.58. The van der Waals surface area contributed by atoms with E-state index in [-0.39, 0.29) is 60.7 Å². The van der Waals surface area contributed by atoms with E-state index in [4.69, 9.17) is 9.47 Å². The lowest BCUT2D eigenvalue weighted by atomic mass is 10.1. The largest absolute Gasteiger partial charge is 0.363 e. The molecule has 370 valence electrons. The zero-order valence-corrected chi connectivity index (χ0v) is 41.3. The van der Waals surface area contributed by atoms with E-state index in [1.165, 1.54) is 0 Å². The molecule has 0 aromatic heterocycles. The van der Waals surface area contributed by atoms with Gasteiger partial charge in [0.05, 0.1) is 24.3 Å². The highest BCUT2D eigenvalue weighted by Crippen LogP contribution is 2.23. The number of carbonyl (C=O) groups is 6. The van der Waals surface area contributed by atoms with Gasteiger partial charge in [-0.15, -0.1) is 0 Å². The standard InChI is InChI=1S/C52H74N8O8/c1-37(53-7)49(63)55-47(51(65)59-29-19-25-45(59)35-57(41(5)61)31-27-43-21-13-11-14-22-43)39(3)67-33-17-9-10-18-34-68-40(4)48(56-50(64)38(2)54-8)52(66)60-30-20-26-46(60)36-58(42(6)62)32-28-44-23-15-12-16-24-44/h11-16,21-24,37-40,45-48,53-54H,19-20,25-36H2,1-8H3,(H,55,63)(H,56,64)/t37-,38+,39-,40-,45+,46+,47+,48+/m1/s1. The molecule has 0 aliphatic carbocycles. The molecule has 2 aromatic carbocycles. The minimum absolute atomic E-state index is 0.0638. The highest BCUT2D eigenvalue weighted by Gasteiger charge is 2.40. The van der Waals surface area contributed by atoms with Crippen LogP contribution in [0.4, 0.5) is 0 Å². The topological polar surface area (TPSA) is 182 Å². The number of ether oxygens (including phenoxy) is 2. The van der Waals surface area contributed by atoms with Crippen LogP contribution in [0.5, 0.6) is 0 Å². The Kier molecular flexibility index (Phi) is 23.0. The van der Waals surface area contributed by atoms with Gasteiger partial charge in [-0.05, 0) is 103 Å². The predicted molar refractivity (Wildman–Crippen MR) is 262 cm³/mol. The van der Waals surface area contributed by atoms with Gasteiger partial charge in [-0.25, -0.2) is 0 Å². The summed E-state index contributed by atoms with van der Waals surface area (Å²) in [7, 11) is 3.33. The third kappa shape index (κ3) is 17.1. The van der Waals surface area contributed by atoms with Gasteiger partial charge in [-0.2, -0.15) is 0 Å². The molecule has 2 saturated heterocycles. The first-order chi connectivity index (χ1) is 32.6. The van der Waals surface area contributed by atoms with Crippen molar-refractivity contribution < 1.29 is 38.2 Å². The molecule has 16 heteroatoms. The van der Waals surface area contributed by atoms with Crippen molar-refractivity contribution in [2.45, 2.75) is 129 Å². The second kappa shape index (κ2) is 28.5. The number of nitrogens with zero attached hydrogens (tertiary/aromatic N) is 4. The van der Waals surface area contributed by atoms with Gasteiger partial charge in [-0.3, -0.25) is 28.8 Å². The smallest absolute Gasteiger partial charge is 0.248 e. The van der Waals surface area contributed by atoms with Crippen LogP contribution in [0.3, 0.4) is 0 Å². The Bertz CT molecular complexity index is 1940. The Morgan fingerprint density at radius 2 is 0.985 bits per heavy atom. The van der Waals surface area contributed by atoms with Crippen LogP contribution in [0.15, 0.2) is 60.7 Å². The summed E-state index contributed by atoms with van der Waals surface area (Å²) < 4.78 is 12.0. The van der Waals surface area contributed by atoms with E-state index in [0.29, 0.717) is 52.1 Å². The van der Waals surface area contributed by atoms with Crippen molar-refractivity contribution >= 4 is 35.4 Å². The van der Waals surface area contributed by atoms with Crippen LogP contribution in [0, 0.1) is 23.7 Å². The van der Waals surface area contributed by atoms with E-state index < -0.39 is 36.4 Å². The monoisotopic (exact) mass is 939 g/mol. The van der Waals surface area contributed by atoms with E-state index in [1.807, 2.05) is 60.7 Å². The number of hydrogen-bond acceptors (Lipinski definition) is 10. The van der Waals surface area contributed by atoms with Crippen molar-refractivity contribution in [3.8, 4) is 23.7 Å². The van der Waals surface area contributed by atoms with Crippen LogP contribution in [-0.2, 0) is 51.1 Å². The van der Waals surface area contributed by atoms with Crippen molar-refractivity contribution in [2.75, 3.05) is 66.6 Å². The van der Waals surface area contributed by atoms with Crippen molar-refractivity contribution in [1.82, 2.24) is 40.9 Å². The summed E-state index contributed by atoms with van der Waals surface area (Å²) in [5, 5.41) is 11.6. The number of rotatable bonds is 24. The Labute approximate surface area is 404 Å². The zero-order chi connectivity index (χ0) is 49.6. The van der Waals surface area contributed by atoms with Gasteiger partial charge in [0.25, 0.3) is 0 Å². The number of likely N-dealkylation sites (tertiary alicyclic amines) is 2. The van der Waals surface area contributed by atoms with E-state index >= 15 is 0 Å². The molecule has 0 radical (unpaired) electrons. The van der Waals surface area contributed by atoms with E-state index in [2.05, 4.69) is 44.9 Å². The van der Waals surface area contributed by atoms with Crippen molar-refractivity contribution in [2.24, 2.45) is 0 Å². The minimum atomic E-state index is -1.01. The maximum absolute atomic E-state index is 14.2. The number of benzene rings is 2. The van der Waals surface area contributed by atoms with E-state index in [9.17, 15) is 28.8 Å². The molecule has 2 heterocycles. The number of nitrogens with one attached hydrogen (secondary N) is 4. The van der Waals surface area contributed by atoms with Crippen LogP contribution in [-0.4, -0.2) is 170 Å². The molecule has 0 bridgehead atoms. The molecular weight excluding hydrogens is 865 g/mol. The zero-order valence-electron chi connectivity index (χ0n) is 41.3. The molecule has 16 nitrogen and oxygen atoms in total. The number of hydrogen-bond donors (Lipinski definition) is 4. The summed E-state index contributed by atoms with van der Waals surface area (Å²) in [5.74, 6) is 9.78. The maximum Gasteiger partial charge on any atom is 0.248 e. The van der Waals surface area contributed by atoms with Gasteiger partial charge in [0.1, 0.15) is 25.3 Å². The minimum Gasteiger partial charge on any atom is -0.363 e. The predicted octanol–water partition coefficient (Wildman–Crippen LogP) is 2.15. The molecule has 4 N–H and O–H groups in total. The molecule has 2 aliphatic rings. The molecule has 0 unspecified atom stereocenters. The Morgan fingerprint density at radius 1 is 0.618 bits per heavy atom. The molecule has 0 spiro atoms. The molecule has 2 fully saturated rings. The number of carbonyl (C=O) groups excluding carboxylic acids is 6. The van der Waals surface area contributed by atoms with Gasteiger partial charge >= 0.3 is 0 Å². The first kappa shape index (κ1) is 54.8. The maximum atomic E-state index is 14.2. The lowest BCUT2D eigenvalue weighted by molar-refractivity contribution is -0.142. The number of amides is 6. The Balaban J connectivity index is 1.36. The fourth-order valence-electron chi connectivity index (χ4n) is 8.35. The summed E-state index contributed by atoms with van der Waals surface area (Å²) >= 11 is 0. The first-order valence-electron chi connectivity index (χ1n) is 24.0. The summed E-state index contributed by atoms with van der Waals surface area (Å²) in [4.78, 5) is 87.2. The fraction of sp³-hybridized carbons (Fsp3) is 0.577. The van der Waals surface area contributed by atoms with E-state index in [1.54, 1.807) is 75.2 Å². The molecule has 8 atom stereocenters. The van der Waals surface area contributed by atoms with E-state index in [0.717, 1.165) is 36.8 Å². The van der Waals surface area contributed by atoms with Crippen molar-refractivity contribution in [1.29, 1.82) is 0 Å². The summed E-state index contributed by atoms with van der Waals surface area (Å²) in [5.41, 5.74) is 2.25. The average molecular weight is 939 g/mol. The molecular formula is C52H74N8O8. The lowest BCUT2D eigenvalue weighted by Gasteiger charge is -2.34. The van der Waals surface area contributed by atoms with Crippen LogP contribution >= 0.6 is 0 Å². The highest BCUT2D eigenvalue weighted by atomic mass is 16.5. The van der Waals surface area contributed by atoms with Crippen molar-refractivity contribution in [3.05, 3.63) is 71.8 Å². The molecule has 68 heavy (non-hydrogen) atoms. The van der Waals surface area contributed by atoms with Crippen molar-refractivity contribution in [3.63, 3.8) is 0 Å². The second-order valence-corrected chi connectivity index (χ2v) is 17.7. The Hall–Kier alpha value is -5.78. The fourth-order valence-corrected chi connectivity index (χ4v) is 8.35. The third-order valence-electron chi connectivity index (χ3n) is 12.9. The first-order valence-corrected chi connectivity index (χ1v) is 24.0. The van der Waals surface area contributed by atoms with Crippen LogP contribution in [0.25, 0.3) is 0 Å².